The largest absolute Gasteiger partial charge is 0.473 e. The van der Waals surface area contributed by atoms with Crippen LogP contribution in [0.5, 0.6) is 17.5 Å². The Hall–Kier alpha value is -2.71. The zero-order valence-corrected chi connectivity index (χ0v) is 13.4. The molecular weight excluding hydrogens is 364 g/mol. The van der Waals surface area contributed by atoms with Crippen molar-refractivity contribution in [3.63, 3.8) is 0 Å². The van der Waals surface area contributed by atoms with Crippen LogP contribution in [0.2, 0.25) is 0 Å². The number of halogens is 6. The zero-order valence-electron chi connectivity index (χ0n) is 13.4. The third-order valence-corrected chi connectivity index (χ3v) is 2.94. The van der Waals surface area contributed by atoms with Gasteiger partial charge in [-0.15, -0.1) is 0 Å². The van der Waals surface area contributed by atoms with Gasteiger partial charge in [0, 0.05) is 18.2 Å². The summed E-state index contributed by atoms with van der Waals surface area (Å²) in [5.41, 5.74) is -0.270. The second kappa shape index (κ2) is 7.67. The Morgan fingerprint density at radius 3 is 2.35 bits per heavy atom. The molecule has 0 amide bonds. The number of hydrogen-bond acceptors (Lipinski definition) is 3. The lowest BCUT2D eigenvalue weighted by molar-refractivity contribution is -0.137. The molecule has 2 aromatic rings. The summed E-state index contributed by atoms with van der Waals surface area (Å²) in [4.78, 5) is 3.91. The molecule has 1 heterocycles. The van der Waals surface area contributed by atoms with Crippen molar-refractivity contribution < 1.29 is 35.8 Å². The molecule has 26 heavy (non-hydrogen) atoms. The van der Waals surface area contributed by atoms with Gasteiger partial charge in [0.25, 0.3) is 0 Å². The van der Waals surface area contributed by atoms with E-state index in [-0.39, 0.29) is 30.2 Å². The van der Waals surface area contributed by atoms with E-state index in [1.807, 2.05) is 0 Å². The topological polar surface area (TPSA) is 31.4 Å². The van der Waals surface area contributed by atoms with Crippen molar-refractivity contribution in [1.29, 1.82) is 0 Å². The predicted octanol–water partition coefficient (Wildman–Crippen LogP) is 5.70. The summed E-state index contributed by atoms with van der Waals surface area (Å²) in [7, 11) is 0. The minimum absolute atomic E-state index is 0.0150. The molecule has 0 saturated heterocycles. The molecule has 0 fully saturated rings. The number of pyridine rings is 1. The maximum absolute atomic E-state index is 12.7. The molecule has 1 aromatic heterocycles. The van der Waals surface area contributed by atoms with E-state index in [4.69, 9.17) is 9.47 Å². The van der Waals surface area contributed by atoms with Crippen molar-refractivity contribution in [2.75, 3.05) is 6.61 Å². The molecular formula is C17H13F6NO2. The molecule has 3 nitrogen and oxygen atoms in total. The molecule has 0 unspecified atom stereocenters. The molecule has 0 aliphatic carbocycles. The van der Waals surface area contributed by atoms with E-state index in [1.54, 1.807) is 6.92 Å². The van der Waals surface area contributed by atoms with Gasteiger partial charge in [0.1, 0.15) is 12.4 Å². The fourth-order valence-electron chi connectivity index (χ4n) is 1.90. The summed E-state index contributed by atoms with van der Waals surface area (Å²) in [6.45, 7) is 1.28. The Bertz CT molecular complexity index is 784. The average Bonchev–Trinajstić information content (AvgIpc) is 2.50. The Balaban J connectivity index is 2.11. The Morgan fingerprint density at radius 2 is 1.69 bits per heavy atom. The van der Waals surface area contributed by atoms with Gasteiger partial charge in [-0.3, -0.25) is 0 Å². The van der Waals surface area contributed by atoms with Crippen LogP contribution in [0.15, 0.2) is 48.6 Å². The molecule has 0 aliphatic heterocycles. The second-order valence-corrected chi connectivity index (χ2v) is 5.20. The molecule has 0 spiro atoms. The number of benzene rings is 1. The number of nitrogens with zero attached hydrogens (tertiary/aromatic N) is 1. The highest BCUT2D eigenvalue weighted by Crippen LogP contribution is 2.32. The quantitative estimate of drug-likeness (QED) is 0.495. The summed E-state index contributed by atoms with van der Waals surface area (Å²) in [6, 6.07) is 7.15. The highest BCUT2D eigenvalue weighted by atomic mass is 19.4. The van der Waals surface area contributed by atoms with Crippen molar-refractivity contribution in [2.45, 2.75) is 19.3 Å². The number of hydrogen-bond donors (Lipinski definition) is 0. The summed E-state index contributed by atoms with van der Waals surface area (Å²) >= 11 is 0. The average molecular weight is 377 g/mol. The van der Waals surface area contributed by atoms with Crippen LogP contribution in [-0.4, -0.2) is 17.8 Å². The normalized spacial score (nSPS) is 12.4. The second-order valence-electron chi connectivity index (χ2n) is 5.20. The Labute approximate surface area is 144 Å². The van der Waals surface area contributed by atoms with Crippen LogP contribution in [0.25, 0.3) is 0 Å². The summed E-state index contributed by atoms with van der Waals surface area (Å²) in [5.74, 6) is -0.140. The van der Waals surface area contributed by atoms with Crippen molar-refractivity contribution in [1.82, 2.24) is 4.98 Å². The third-order valence-electron chi connectivity index (χ3n) is 2.94. The lowest BCUT2D eigenvalue weighted by atomic mass is 10.2. The number of alkyl halides is 6. The van der Waals surface area contributed by atoms with Gasteiger partial charge in [0.15, 0.2) is 0 Å². The van der Waals surface area contributed by atoms with Crippen LogP contribution in [0.1, 0.15) is 11.1 Å². The van der Waals surface area contributed by atoms with Crippen LogP contribution in [-0.2, 0) is 6.18 Å². The van der Waals surface area contributed by atoms with Crippen LogP contribution in [0.4, 0.5) is 26.3 Å². The van der Waals surface area contributed by atoms with Crippen LogP contribution in [0, 0.1) is 6.92 Å². The van der Waals surface area contributed by atoms with E-state index in [9.17, 15) is 26.3 Å². The van der Waals surface area contributed by atoms with Crippen LogP contribution < -0.4 is 9.47 Å². The van der Waals surface area contributed by atoms with Gasteiger partial charge in [0.05, 0.1) is 5.56 Å². The van der Waals surface area contributed by atoms with Gasteiger partial charge in [-0.2, -0.15) is 31.3 Å². The number of rotatable bonds is 5. The van der Waals surface area contributed by atoms with E-state index in [0.717, 1.165) is 18.2 Å². The number of aromatic nitrogens is 1. The van der Waals surface area contributed by atoms with Crippen LogP contribution in [0.3, 0.4) is 0 Å². The third kappa shape index (κ3) is 6.30. The molecule has 9 heteroatoms. The van der Waals surface area contributed by atoms with Crippen molar-refractivity contribution >= 4 is 0 Å². The van der Waals surface area contributed by atoms with Crippen molar-refractivity contribution in [3.05, 3.63) is 59.7 Å². The van der Waals surface area contributed by atoms with E-state index < -0.39 is 17.9 Å². The van der Waals surface area contributed by atoms with Gasteiger partial charge >= 0.3 is 12.4 Å². The molecule has 0 radical (unpaired) electrons. The molecule has 2 rings (SSSR count). The minimum Gasteiger partial charge on any atom is -0.473 e. The summed E-state index contributed by atoms with van der Waals surface area (Å²) in [6.07, 6.45) is -8.15. The van der Waals surface area contributed by atoms with Gasteiger partial charge in [0.2, 0.25) is 11.8 Å². The molecule has 0 saturated carbocycles. The first-order valence-electron chi connectivity index (χ1n) is 7.24. The SMILES string of the molecule is Cc1cc(OC/C=C/C(F)(F)F)nc(Oc2cccc(C(F)(F)F)c2)c1. The monoisotopic (exact) mass is 377 g/mol. The van der Waals surface area contributed by atoms with Gasteiger partial charge in [-0.1, -0.05) is 6.07 Å². The van der Waals surface area contributed by atoms with Crippen molar-refractivity contribution in [2.24, 2.45) is 0 Å². The standard InChI is InChI=1S/C17H13F6NO2/c1-11-8-14(25-7-3-6-16(18,19)20)24-15(9-11)26-13-5-2-4-12(10-13)17(21,22)23/h2-6,8-10H,7H2,1H3/b6-3+. The van der Waals surface area contributed by atoms with Gasteiger partial charge in [-0.05, 0) is 36.8 Å². The molecule has 0 atom stereocenters. The maximum atomic E-state index is 12.7. The van der Waals surface area contributed by atoms with E-state index >= 15 is 0 Å². The number of allylic oxidation sites excluding steroid dienone is 1. The van der Waals surface area contributed by atoms with Crippen molar-refractivity contribution in [3.8, 4) is 17.5 Å². The smallest absolute Gasteiger partial charge is 0.416 e. The molecule has 0 aliphatic rings. The Morgan fingerprint density at radius 1 is 1.00 bits per heavy atom. The fraction of sp³-hybridized carbons (Fsp3) is 0.235. The number of aryl methyl sites for hydroxylation is 1. The van der Waals surface area contributed by atoms with Gasteiger partial charge < -0.3 is 9.47 Å². The molecule has 140 valence electrons. The summed E-state index contributed by atoms with van der Waals surface area (Å²) < 4.78 is 84.6. The van der Waals surface area contributed by atoms with Crippen LogP contribution >= 0.6 is 0 Å². The first-order chi connectivity index (χ1) is 12.0. The first kappa shape index (κ1) is 19.6. The fourth-order valence-corrected chi connectivity index (χ4v) is 1.90. The lowest BCUT2D eigenvalue weighted by Crippen LogP contribution is -2.05. The minimum atomic E-state index is -4.52. The maximum Gasteiger partial charge on any atom is 0.416 e. The highest BCUT2D eigenvalue weighted by molar-refractivity contribution is 5.35. The number of ether oxygens (including phenoxy) is 2. The van der Waals surface area contributed by atoms with E-state index in [0.29, 0.717) is 5.56 Å². The Kier molecular flexibility index (Phi) is 5.79. The molecule has 0 bridgehead atoms. The van der Waals surface area contributed by atoms with Gasteiger partial charge in [-0.25, -0.2) is 0 Å². The first-order valence-corrected chi connectivity index (χ1v) is 7.24. The highest BCUT2D eigenvalue weighted by Gasteiger charge is 2.30. The van der Waals surface area contributed by atoms with E-state index in [2.05, 4.69) is 4.98 Å². The summed E-state index contributed by atoms with van der Waals surface area (Å²) in [5, 5.41) is 0. The molecule has 1 aromatic carbocycles. The molecule has 0 N–H and O–H groups in total. The lowest BCUT2D eigenvalue weighted by Gasteiger charge is -2.11. The zero-order chi connectivity index (χ0) is 19.4. The van der Waals surface area contributed by atoms with E-state index in [1.165, 1.54) is 24.3 Å². The predicted molar refractivity (Wildman–Crippen MR) is 81.2 cm³/mol.